The zero-order valence-electron chi connectivity index (χ0n) is 8.94. The van der Waals surface area contributed by atoms with Gasteiger partial charge in [-0.15, -0.1) is 11.3 Å². The lowest BCUT2D eigenvalue weighted by atomic mass is 9.97. The van der Waals surface area contributed by atoms with Crippen molar-refractivity contribution in [2.75, 3.05) is 0 Å². The molecular formula is C13H12N2S. The summed E-state index contributed by atoms with van der Waals surface area (Å²) in [5, 5.41) is 9.21. The average molecular weight is 228 g/mol. The SMILES string of the molecule is N#Cc1sc2c(c1-n1cccc1)CCCC2. The van der Waals surface area contributed by atoms with Crippen LogP contribution in [-0.4, -0.2) is 4.57 Å². The molecule has 0 atom stereocenters. The van der Waals surface area contributed by atoms with E-state index in [2.05, 4.69) is 10.6 Å². The van der Waals surface area contributed by atoms with Gasteiger partial charge in [0.1, 0.15) is 10.9 Å². The number of nitrogens with zero attached hydrogens (tertiary/aromatic N) is 2. The monoisotopic (exact) mass is 228 g/mol. The Hall–Kier alpha value is -1.53. The van der Waals surface area contributed by atoms with Gasteiger partial charge in [-0.25, -0.2) is 0 Å². The summed E-state index contributed by atoms with van der Waals surface area (Å²) < 4.78 is 2.08. The van der Waals surface area contributed by atoms with Crippen molar-refractivity contribution < 1.29 is 0 Å². The summed E-state index contributed by atoms with van der Waals surface area (Å²) >= 11 is 1.68. The number of hydrogen-bond acceptors (Lipinski definition) is 2. The highest BCUT2D eigenvalue weighted by atomic mass is 32.1. The van der Waals surface area contributed by atoms with Crippen LogP contribution in [0.25, 0.3) is 5.69 Å². The molecule has 0 fully saturated rings. The number of aromatic nitrogens is 1. The van der Waals surface area contributed by atoms with E-state index in [-0.39, 0.29) is 0 Å². The van der Waals surface area contributed by atoms with E-state index in [1.54, 1.807) is 11.3 Å². The molecule has 2 aromatic rings. The molecule has 0 saturated heterocycles. The Kier molecular flexibility index (Phi) is 2.30. The minimum atomic E-state index is 0.864. The van der Waals surface area contributed by atoms with E-state index in [0.717, 1.165) is 23.4 Å². The van der Waals surface area contributed by atoms with Crippen molar-refractivity contribution in [2.24, 2.45) is 0 Å². The van der Waals surface area contributed by atoms with Gasteiger partial charge in [-0.3, -0.25) is 0 Å². The van der Waals surface area contributed by atoms with Crippen LogP contribution in [-0.2, 0) is 12.8 Å². The third-order valence-corrected chi connectivity index (χ3v) is 4.29. The summed E-state index contributed by atoms with van der Waals surface area (Å²) in [5.41, 5.74) is 2.54. The molecule has 0 unspecified atom stereocenters. The molecule has 2 heterocycles. The van der Waals surface area contributed by atoms with Gasteiger partial charge in [0, 0.05) is 17.3 Å². The van der Waals surface area contributed by atoms with E-state index >= 15 is 0 Å². The molecule has 0 bridgehead atoms. The van der Waals surface area contributed by atoms with Gasteiger partial charge in [0.25, 0.3) is 0 Å². The molecule has 1 aliphatic rings. The van der Waals surface area contributed by atoms with Crippen LogP contribution in [0.5, 0.6) is 0 Å². The highest BCUT2D eigenvalue weighted by Crippen LogP contribution is 2.36. The predicted octanol–water partition coefficient (Wildman–Crippen LogP) is 3.29. The number of thiophene rings is 1. The van der Waals surface area contributed by atoms with E-state index in [1.165, 1.54) is 23.3 Å². The second-order valence-electron chi connectivity index (χ2n) is 4.09. The van der Waals surface area contributed by atoms with Crippen molar-refractivity contribution in [3.8, 4) is 11.8 Å². The molecule has 0 amide bonds. The number of rotatable bonds is 1. The van der Waals surface area contributed by atoms with Crippen molar-refractivity contribution in [3.63, 3.8) is 0 Å². The topological polar surface area (TPSA) is 28.7 Å². The number of aryl methyl sites for hydroxylation is 1. The molecule has 0 N–H and O–H groups in total. The molecule has 0 saturated carbocycles. The third-order valence-electron chi connectivity index (χ3n) is 3.11. The maximum atomic E-state index is 9.21. The van der Waals surface area contributed by atoms with Crippen LogP contribution in [0, 0.1) is 11.3 Å². The minimum Gasteiger partial charge on any atom is -0.322 e. The molecule has 0 aliphatic heterocycles. The van der Waals surface area contributed by atoms with Crippen molar-refractivity contribution in [1.29, 1.82) is 5.26 Å². The largest absolute Gasteiger partial charge is 0.322 e. The summed E-state index contributed by atoms with van der Waals surface area (Å²) in [4.78, 5) is 2.29. The zero-order chi connectivity index (χ0) is 11.0. The zero-order valence-corrected chi connectivity index (χ0v) is 9.76. The van der Waals surface area contributed by atoms with Crippen LogP contribution in [0.1, 0.15) is 28.2 Å². The van der Waals surface area contributed by atoms with E-state index in [4.69, 9.17) is 0 Å². The molecule has 3 heteroatoms. The summed E-state index contributed by atoms with van der Waals surface area (Å²) in [6.07, 6.45) is 8.85. The van der Waals surface area contributed by atoms with Crippen LogP contribution in [0.4, 0.5) is 0 Å². The maximum absolute atomic E-state index is 9.21. The summed E-state index contributed by atoms with van der Waals surface area (Å²) in [6, 6.07) is 6.35. The van der Waals surface area contributed by atoms with Crippen molar-refractivity contribution in [1.82, 2.24) is 4.57 Å². The first-order chi connectivity index (χ1) is 7.90. The smallest absolute Gasteiger partial charge is 0.129 e. The van der Waals surface area contributed by atoms with Gasteiger partial charge >= 0.3 is 0 Å². The number of fused-ring (bicyclic) bond motifs is 1. The molecule has 80 valence electrons. The average Bonchev–Trinajstić information content (AvgIpc) is 2.94. The van der Waals surface area contributed by atoms with Gasteiger partial charge < -0.3 is 4.57 Å². The second-order valence-corrected chi connectivity index (χ2v) is 5.20. The van der Waals surface area contributed by atoms with Gasteiger partial charge in [-0.2, -0.15) is 5.26 Å². The summed E-state index contributed by atoms with van der Waals surface area (Å²) in [6.45, 7) is 0. The fourth-order valence-electron chi connectivity index (χ4n) is 2.38. The van der Waals surface area contributed by atoms with E-state index in [1.807, 2.05) is 24.5 Å². The molecular weight excluding hydrogens is 216 g/mol. The Balaban J connectivity index is 2.23. The number of nitriles is 1. The molecule has 0 radical (unpaired) electrons. The molecule has 0 spiro atoms. The Labute approximate surface area is 98.8 Å². The molecule has 0 aromatic carbocycles. The number of hydrogen-bond donors (Lipinski definition) is 0. The Morgan fingerprint density at radius 2 is 1.94 bits per heavy atom. The summed E-state index contributed by atoms with van der Waals surface area (Å²) in [5.74, 6) is 0. The lowest BCUT2D eigenvalue weighted by Gasteiger charge is -2.13. The van der Waals surface area contributed by atoms with Crippen molar-refractivity contribution in [3.05, 3.63) is 39.8 Å². The highest BCUT2D eigenvalue weighted by molar-refractivity contribution is 7.13. The fraction of sp³-hybridized carbons (Fsp3) is 0.308. The minimum absolute atomic E-state index is 0.864. The predicted molar refractivity (Wildman–Crippen MR) is 65.0 cm³/mol. The molecule has 1 aliphatic carbocycles. The Morgan fingerprint density at radius 1 is 1.19 bits per heavy atom. The third kappa shape index (κ3) is 1.38. The maximum Gasteiger partial charge on any atom is 0.129 e. The van der Waals surface area contributed by atoms with Crippen LogP contribution >= 0.6 is 11.3 Å². The van der Waals surface area contributed by atoms with Gasteiger partial charge in [0.2, 0.25) is 0 Å². The standard InChI is InChI=1S/C13H12N2S/c14-9-12-13(15-7-3-4-8-15)10-5-1-2-6-11(10)16-12/h3-4,7-8H,1-2,5-6H2. The first-order valence-corrected chi connectivity index (χ1v) is 6.40. The lowest BCUT2D eigenvalue weighted by molar-refractivity contribution is 0.693. The molecule has 2 aromatic heterocycles. The second kappa shape index (κ2) is 3.80. The molecule has 3 rings (SSSR count). The summed E-state index contributed by atoms with van der Waals surface area (Å²) in [7, 11) is 0. The molecule has 2 nitrogen and oxygen atoms in total. The van der Waals surface area contributed by atoms with Crippen LogP contribution in [0.2, 0.25) is 0 Å². The van der Waals surface area contributed by atoms with E-state index in [9.17, 15) is 5.26 Å². The van der Waals surface area contributed by atoms with Gasteiger partial charge in [-0.05, 0) is 43.4 Å². The highest BCUT2D eigenvalue weighted by Gasteiger charge is 2.21. The molecule has 16 heavy (non-hydrogen) atoms. The lowest BCUT2D eigenvalue weighted by Crippen LogP contribution is -2.02. The quantitative estimate of drug-likeness (QED) is 0.736. The van der Waals surface area contributed by atoms with Crippen molar-refractivity contribution in [2.45, 2.75) is 25.7 Å². The first-order valence-electron chi connectivity index (χ1n) is 5.58. The van der Waals surface area contributed by atoms with Gasteiger partial charge in [0.05, 0.1) is 5.69 Å². The van der Waals surface area contributed by atoms with Gasteiger partial charge in [-0.1, -0.05) is 0 Å². The normalized spacial score (nSPS) is 14.4. The first kappa shape index (κ1) is 9.68. The van der Waals surface area contributed by atoms with E-state index < -0.39 is 0 Å². The van der Waals surface area contributed by atoms with E-state index in [0.29, 0.717) is 0 Å². The van der Waals surface area contributed by atoms with Crippen molar-refractivity contribution >= 4 is 11.3 Å². The van der Waals surface area contributed by atoms with Crippen LogP contribution in [0.15, 0.2) is 24.5 Å². The van der Waals surface area contributed by atoms with Crippen LogP contribution in [0.3, 0.4) is 0 Å². The Morgan fingerprint density at radius 3 is 2.69 bits per heavy atom. The van der Waals surface area contributed by atoms with Crippen LogP contribution < -0.4 is 0 Å². The fourth-order valence-corrected chi connectivity index (χ4v) is 3.57. The van der Waals surface area contributed by atoms with Gasteiger partial charge in [0.15, 0.2) is 0 Å². The Bertz CT molecular complexity index is 543.